The summed E-state index contributed by atoms with van der Waals surface area (Å²) >= 11 is 0. The lowest BCUT2D eigenvalue weighted by molar-refractivity contribution is 0.324. The van der Waals surface area contributed by atoms with Crippen molar-refractivity contribution in [3.63, 3.8) is 0 Å². The molecule has 0 bridgehead atoms. The highest BCUT2D eigenvalue weighted by Gasteiger charge is 2.26. The van der Waals surface area contributed by atoms with Crippen molar-refractivity contribution < 1.29 is 9.60 Å². The van der Waals surface area contributed by atoms with E-state index in [-0.39, 0.29) is 11.6 Å². The second-order valence-corrected chi connectivity index (χ2v) is 2.99. The summed E-state index contributed by atoms with van der Waals surface area (Å²) in [5.74, 6) is -0.176. The molecule has 0 fully saturated rings. The lowest BCUT2D eigenvalue weighted by atomic mass is 9.77. The molecule has 0 spiro atoms. The first-order valence-corrected chi connectivity index (χ1v) is 3.81. The number of anilines is 1. The van der Waals surface area contributed by atoms with Crippen molar-refractivity contribution >= 4 is 13.1 Å². The van der Waals surface area contributed by atoms with Gasteiger partial charge in [0.1, 0.15) is 5.82 Å². The lowest BCUT2D eigenvalue weighted by Crippen LogP contribution is -2.19. The first-order chi connectivity index (χ1) is 5.68. The topological polar surface area (TPSA) is 23.5 Å². The van der Waals surface area contributed by atoms with E-state index in [0.29, 0.717) is 5.69 Å². The second kappa shape index (κ2) is 2.49. The summed E-state index contributed by atoms with van der Waals surface area (Å²) in [6.45, 7) is 1.91. The Labute approximate surface area is 70.8 Å². The fourth-order valence-corrected chi connectivity index (χ4v) is 1.47. The van der Waals surface area contributed by atoms with Crippen LogP contribution in [0.4, 0.5) is 10.1 Å². The molecule has 1 heterocycles. The summed E-state index contributed by atoms with van der Waals surface area (Å²) in [5.41, 5.74) is 1.50. The molecule has 0 saturated carbocycles. The van der Waals surface area contributed by atoms with Gasteiger partial charge in [0.05, 0.1) is 5.69 Å². The van der Waals surface area contributed by atoms with Crippen LogP contribution in [-0.2, 0) is 0 Å². The maximum atomic E-state index is 12.7. The lowest BCUT2D eigenvalue weighted by Gasteiger charge is -2.08. The Hall–Kier alpha value is -1.03. The number of halogens is 1. The summed E-state index contributed by atoms with van der Waals surface area (Å²) in [4.78, 5) is 1.04. The Bertz CT molecular complexity index is 318. The fourth-order valence-electron chi connectivity index (χ4n) is 1.47. The van der Waals surface area contributed by atoms with Gasteiger partial charge < -0.3 is 10.2 Å². The third kappa shape index (κ3) is 0.993. The van der Waals surface area contributed by atoms with Gasteiger partial charge in [-0.15, -0.1) is 0 Å². The molecule has 2 rings (SSSR count). The van der Waals surface area contributed by atoms with Crippen molar-refractivity contribution in [2.75, 3.05) is 4.97 Å². The zero-order valence-corrected chi connectivity index (χ0v) is 6.66. The molecule has 2 nitrogen and oxygen atoms in total. The normalized spacial score (nSPS) is 20.6. The smallest absolute Gasteiger partial charge is 0.294 e. The van der Waals surface area contributed by atoms with Crippen LogP contribution in [0.1, 0.15) is 18.3 Å². The molecule has 61 valence electrons. The molecule has 0 unspecified atom stereocenters. The van der Waals surface area contributed by atoms with Gasteiger partial charge in [-0.2, -0.15) is 0 Å². The van der Waals surface area contributed by atoms with E-state index in [9.17, 15) is 9.60 Å². The quantitative estimate of drug-likeness (QED) is 0.590. The van der Waals surface area contributed by atoms with Crippen molar-refractivity contribution in [2.45, 2.75) is 12.7 Å². The highest BCUT2D eigenvalue weighted by Crippen LogP contribution is 2.33. The van der Waals surface area contributed by atoms with E-state index in [2.05, 4.69) is 0 Å². The molecule has 0 aliphatic carbocycles. The molecule has 1 radical (unpaired) electrons. The van der Waals surface area contributed by atoms with Crippen LogP contribution in [0.15, 0.2) is 18.2 Å². The van der Waals surface area contributed by atoms with Crippen LogP contribution in [0.5, 0.6) is 0 Å². The predicted molar refractivity (Wildman–Crippen MR) is 44.8 cm³/mol. The predicted octanol–water partition coefficient (Wildman–Crippen LogP) is 1.72. The van der Waals surface area contributed by atoms with E-state index in [4.69, 9.17) is 0 Å². The summed E-state index contributed by atoms with van der Waals surface area (Å²) in [7, 11) is 1.64. The molecule has 0 saturated heterocycles. The van der Waals surface area contributed by atoms with Crippen LogP contribution in [0.3, 0.4) is 0 Å². The maximum absolute atomic E-state index is 12.7. The van der Waals surface area contributed by atoms with E-state index in [1.807, 2.05) is 6.92 Å². The monoisotopic (exact) mass is 164 g/mol. The van der Waals surface area contributed by atoms with E-state index in [1.165, 1.54) is 12.1 Å². The minimum absolute atomic E-state index is 0.0840. The molecule has 4 heteroatoms. The summed E-state index contributed by atoms with van der Waals surface area (Å²) < 4.78 is 12.7. The zero-order chi connectivity index (χ0) is 8.72. The number of hydrogen-bond acceptors (Lipinski definition) is 2. The van der Waals surface area contributed by atoms with Gasteiger partial charge in [0.25, 0.3) is 7.41 Å². The molecule has 1 aliphatic rings. The number of nitrogens with zero attached hydrogens (tertiary/aromatic N) is 1. The summed E-state index contributed by atoms with van der Waals surface area (Å²) in [6.07, 6.45) is 0. The fraction of sp³-hybridized carbons (Fsp3) is 0.250. The Morgan fingerprint density at radius 2 is 2.33 bits per heavy atom. The Balaban J connectivity index is 2.53. The molecule has 1 aromatic carbocycles. The minimum Gasteiger partial charge on any atom is -0.308 e. The molecule has 1 atom stereocenters. The Morgan fingerprint density at radius 3 is 3.08 bits per heavy atom. The summed E-state index contributed by atoms with van der Waals surface area (Å²) in [6, 6.07) is 4.37. The second-order valence-electron chi connectivity index (χ2n) is 2.99. The van der Waals surface area contributed by atoms with Gasteiger partial charge in [-0.25, -0.2) is 4.39 Å². The average molecular weight is 164 g/mol. The van der Waals surface area contributed by atoms with Crippen LogP contribution in [0.2, 0.25) is 0 Å². The number of benzene rings is 1. The first kappa shape index (κ1) is 7.62. The van der Waals surface area contributed by atoms with Gasteiger partial charge in [-0.3, -0.25) is 0 Å². The Kier molecular flexibility index (Phi) is 1.58. The highest BCUT2D eigenvalue weighted by atomic mass is 19.1. The van der Waals surface area contributed by atoms with Gasteiger partial charge in [-0.05, 0) is 29.6 Å². The number of rotatable bonds is 0. The highest BCUT2D eigenvalue weighted by molar-refractivity contribution is 6.45. The first-order valence-electron chi connectivity index (χ1n) is 3.81. The Morgan fingerprint density at radius 1 is 1.58 bits per heavy atom. The van der Waals surface area contributed by atoms with E-state index >= 15 is 0 Å². The molecule has 1 aromatic rings. The maximum Gasteiger partial charge on any atom is 0.294 e. The SMILES string of the molecule is C[C@H]1[B]N(O)c2ccc(F)cc21. The summed E-state index contributed by atoms with van der Waals surface area (Å²) in [5, 5.41) is 9.30. The number of fused-ring (bicyclic) bond motifs is 1. The van der Waals surface area contributed by atoms with Crippen molar-refractivity contribution in [2.24, 2.45) is 0 Å². The molecule has 12 heavy (non-hydrogen) atoms. The molecule has 1 N–H and O–H groups in total. The molecule has 0 amide bonds. The molecular formula is C8H8BFNO. The van der Waals surface area contributed by atoms with Gasteiger partial charge in [0.15, 0.2) is 0 Å². The standard InChI is InChI=1S/C8H8BFNO/c1-5-7-4-6(10)2-3-8(7)11(12)9-5/h2-5,12H,1H3/t5-/m1/s1. The van der Waals surface area contributed by atoms with Crippen LogP contribution in [-0.4, -0.2) is 12.6 Å². The van der Waals surface area contributed by atoms with Crippen molar-refractivity contribution in [1.29, 1.82) is 0 Å². The molecule has 0 aromatic heterocycles. The zero-order valence-electron chi connectivity index (χ0n) is 6.66. The number of hydrogen-bond donors (Lipinski definition) is 1. The van der Waals surface area contributed by atoms with Gasteiger partial charge in [0, 0.05) is 0 Å². The van der Waals surface area contributed by atoms with Crippen LogP contribution < -0.4 is 4.97 Å². The van der Waals surface area contributed by atoms with Crippen molar-refractivity contribution in [3.8, 4) is 0 Å². The van der Waals surface area contributed by atoms with Crippen LogP contribution >= 0.6 is 0 Å². The largest absolute Gasteiger partial charge is 0.308 e. The van der Waals surface area contributed by atoms with Crippen molar-refractivity contribution in [3.05, 3.63) is 29.6 Å². The van der Waals surface area contributed by atoms with E-state index < -0.39 is 0 Å². The van der Waals surface area contributed by atoms with Gasteiger partial charge in [0.2, 0.25) is 0 Å². The van der Waals surface area contributed by atoms with E-state index in [0.717, 1.165) is 10.5 Å². The van der Waals surface area contributed by atoms with E-state index in [1.54, 1.807) is 13.5 Å². The minimum atomic E-state index is -0.260. The van der Waals surface area contributed by atoms with Gasteiger partial charge >= 0.3 is 0 Å². The molecule has 1 aliphatic heterocycles. The third-order valence-electron chi connectivity index (χ3n) is 2.09. The molecular weight excluding hydrogens is 156 g/mol. The van der Waals surface area contributed by atoms with Crippen molar-refractivity contribution in [1.82, 2.24) is 0 Å². The van der Waals surface area contributed by atoms with Crippen LogP contribution in [0.25, 0.3) is 0 Å². The third-order valence-corrected chi connectivity index (χ3v) is 2.09. The van der Waals surface area contributed by atoms with Crippen LogP contribution in [0, 0.1) is 5.82 Å². The van der Waals surface area contributed by atoms with Gasteiger partial charge in [-0.1, -0.05) is 6.92 Å². The average Bonchev–Trinajstić information content (AvgIpc) is 2.28.